The van der Waals surface area contributed by atoms with Crippen LogP contribution in [0.2, 0.25) is 0 Å². The number of nitrogens with zero attached hydrogens (tertiary/aromatic N) is 2. The molecule has 6 nitrogen and oxygen atoms in total. The van der Waals surface area contributed by atoms with E-state index in [-0.39, 0.29) is 11.7 Å². The minimum Gasteiger partial charge on any atom is -0.508 e. The van der Waals surface area contributed by atoms with Crippen molar-refractivity contribution in [1.82, 2.24) is 15.5 Å². The minimum absolute atomic E-state index is 0.171. The Bertz CT molecular complexity index is 918. The number of H-pyrrole nitrogens is 1. The zero-order valence-corrected chi connectivity index (χ0v) is 14.3. The molecule has 1 aromatic heterocycles. The number of anilines is 1. The maximum absolute atomic E-state index is 12.3. The molecule has 0 saturated carbocycles. The standard InChI is InChI=1S/C20H20N4O2/c25-16-7-5-14(6-8-16)17-13-18(23-22-17)20(26)21-10-12-24-11-9-15-3-1-2-4-19(15)24/h1-8,13,25H,9-12H2,(H,21,26)(H,22,23). The Morgan fingerprint density at radius 1 is 1.19 bits per heavy atom. The Morgan fingerprint density at radius 2 is 2.00 bits per heavy atom. The highest BCUT2D eigenvalue weighted by molar-refractivity contribution is 5.93. The lowest BCUT2D eigenvalue weighted by Crippen LogP contribution is -2.34. The smallest absolute Gasteiger partial charge is 0.269 e. The number of aromatic nitrogens is 2. The minimum atomic E-state index is -0.171. The van der Waals surface area contributed by atoms with Gasteiger partial charge in [-0.15, -0.1) is 0 Å². The first-order valence-corrected chi connectivity index (χ1v) is 8.66. The normalized spacial score (nSPS) is 12.8. The molecule has 132 valence electrons. The van der Waals surface area contributed by atoms with Crippen molar-refractivity contribution in [1.29, 1.82) is 0 Å². The van der Waals surface area contributed by atoms with E-state index in [1.807, 2.05) is 6.07 Å². The van der Waals surface area contributed by atoms with E-state index in [9.17, 15) is 9.90 Å². The lowest BCUT2D eigenvalue weighted by molar-refractivity contribution is 0.0949. The number of carbonyl (C=O) groups is 1. The number of aromatic amines is 1. The van der Waals surface area contributed by atoms with E-state index < -0.39 is 0 Å². The summed E-state index contributed by atoms with van der Waals surface area (Å²) < 4.78 is 0. The summed E-state index contributed by atoms with van der Waals surface area (Å²) in [7, 11) is 0. The molecule has 0 aliphatic carbocycles. The number of nitrogens with one attached hydrogen (secondary N) is 2. The molecule has 4 rings (SSSR count). The maximum Gasteiger partial charge on any atom is 0.269 e. The second-order valence-electron chi connectivity index (χ2n) is 6.34. The summed E-state index contributed by atoms with van der Waals surface area (Å²) in [6.45, 7) is 2.34. The SMILES string of the molecule is O=C(NCCN1CCc2ccccc21)c1cc(-c2ccc(O)cc2)n[nH]1. The van der Waals surface area contributed by atoms with Crippen LogP contribution in [0.5, 0.6) is 5.75 Å². The van der Waals surface area contributed by atoms with Crippen molar-refractivity contribution in [3.05, 3.63) is 65.9 Å². The van der Waals surface area contributed by atoms with Crippen molar-refractivity contribution in [2.24, 2.45) is 0 Å². The van der Waals surface area contributed by atoms with Crippen molar-refractivity contribution in [3.63, 3.8) is 0 Å². The maximum atomic E-state index is 12.3. The number of amides is 1. The third-order valence-electron chi connectivity index (χ3n) is 4.64. The molecule has 1 aliphatic rings. The van der Waals surface area contributed by atoms with Crippen LogP contribution < -0.4 is 10.2 Å². The van der Waals surface area contributed by atoms with Gasteiger partial charge in [0.2, 0.25) is 0 Å². The molecule has 26 heavy (non-hydrogen) atoms. The first-order valence-electron chi connectivity index (χ1n) is 8.66. The summed E-state index contributed by atoms with van der Waals surface area (Å²) in [5, 5.41) is 19.2. The van der Waals surface area contributed by atoms with Crippen LogP contribution in [-0.4, -0.2) is 40.8 Å². The molecule has 0 bridgehead atoms. The fourth-order valence-corrected chi connectivity index (χ4v) is 3.26. The number of rotatable bonds is 5. The number of carbonyl (C=O) groups excluding carboxylic acids is 1. The van der Waals surface area contributed by atoms with Crippen LogP contribution in [-0.2, 0) is 6.42 Å². The second-order valence-corrected chi connectivity index (χ2v) is 6.34. The van der Waals surface area contributed by atoms with Gasteiger partial charge in [0.05, 0.1) is 5.69 Å². The van der Waals surface area contributed by atoms with E-state index in [2.05, 4.69) is 38.6 Å². The van der Waals surface area contributed by atoms with Crippen molar-refractivity contribution < 1.29 is 9.90 Å². The van der Waals surface area contributed by atoms with Crippen LogP contribution in [0.3, 0.4) is 0 Å². The highest BCUT2D eigenvalue weighted by atomic mass is 16.3. The lowest BCUT2D eigenvalue weighted by Gasteiger charge is -2.19. The van der Waals surface area contributed by atoms with Gasteiger partial charge < -0.3 is 15.3 Å². The van der Waals surface area contributed by atoms with Gasteiger partial charge in [-0.2, -0.15) is 5.10 Å². The van der Waals surface area contributed by atoms with E-state index in [1.54, 1.807) is 30.3 Å². The molecule has 0 fully saturated rings. The topological polar surface area (TPSA) is 81.2 Å². The predicted octanol–water partition coefficient (Wildman–Crippen LogP) is 2.57. The number of benzene rings is 2. The van der Waals surface area contributed by atoms with Crippen molar-refractivity contribution in [3.8, 4) is 17.0 Å². The van der Waals surface area contributed by atoms with Gasteiger partial charge in [-0.05, 0) is 48.4 Å². The van der Waals surface area contributed by atoms with Gasteiger partial charge in [-0.1, -0.05) is 18.2 Å². The predicted molar refractivity (Wildman–Crippen MR) is 100 cm³/mol. The Labute approximate surface area is 151 Å². The first-order chi connectivity index (χ1) is 12.7. The first kappa shape index (κ1) is 16.2. The fourth-order valence-electron chi connectivity index (χ4n) is 3.26. The van der Waals surface area contributed by atoms with Gasteiger partial charge in [-0.3, -0.25) is 9.89 Å². The van der Waals surface area contributed by atoms with Crippen LogP contribution in [0.1, 0.15) is 16.1 Å². The molecule has 0 unspecified atom stereocenters. The Balaban J connectivity index is 1.34. The van der Waals surface area contributed by atoms with Gasteiger partial charge >= 0.3 is 0 Å². The molecule has 0 atom stereocenters. The number of hydrogen-bond donors (Lipinski definition) is 3. The van der Waals surface area contributed by atoms with Crippen LogP contribution >= 0.6 is 0 Å². The number of phenolic OH excluding ortho intramolecular Hbond substituents is 1. The van der Waals surface area contributed by atoms with Crippen LogP contribution in [0.15, 0.2) is 54.6 Å². The zero-order valence-electron chi connectivity index (χ0n) is 14.3. The van der Waals surface area contributed by atoms with Crippen molar-refractivity contribution in [2.45, 2.75) is 6.42 Å². The van der Waals surface area contributed by atoms with Crippen LogP contribution in [0.25, 0.3) is 11.3 Å². The summed E-state index contributed by atoms with van der Waals surface area (Å²) in [4.78, 5) is 14.6. The molecule has 3 N–H and O–H groups in total. The number of hydrogen-bond acceptors (Lipinski definition) is 4. The van der Waals surface area contributed by atoms with E-state index >= 15 is 0 Å². The molecule has 2 aromatic carbocycles. The third kappa shape index (κ3) is 3.26. The number of para-hydroxylation sites is 1. The highest BCUT2D eigenvalue weighted by Gasteiger charge is 2.18. The Kier molecular flexibility index (Phi) is 4.31. The van der Waals surface area contributed by atoms with Crippen molar-refractivity contribution >= 4 is 11.6 Å². The molecular formula is C20H20N4O2. The Hall–Kier alpha value is -3.28. The molecule has 0 radical (unpaired) electrons. The molecule has 0 spiro atoms. The third-order valence-corrected chi connectivity index (χ3v) is 4.64. The molecule has 1 amide bonds. The summed E-state index contributed by atoms with van der Waals surface area (Å²) in [5.74, 6) is 0.0285. The second kappa shape index (κ2) is 6.92. The molecular weight excluding hydrogens is 328 g/mol. The van der Waals surface area contributed by atoms with Gasteiger partial charge in [0.15, 0.2) is 0 Å². The van der Waals surface area contributed by atoms with E-state index in [0.29, 0.717) is 17.9 Å². The molecule has 1 aliphatic heterocycles. The zero-order chi connectivity index (χ0) is 17.9. The molecule has 3 aromatic rings. The average Bonchev–Trinajstić information content (AvgIpc) is 3.30. The summed E-state index contributed by atoms with van der Waals surface area (Å²) in [5.41, 5.74) is 4.56. The van der Waals surface area contributed by atoms with Crippen LogP contribution in [0.4, 0.5) is 5.69 Å². The molecule has 0 saturated heterocycles. The quantitative estimate of drug-likeness (QED) is 0.662. The highest BCUT2D eigenvalue weighted by Crippen LogP contribution is 2.26. The molecule has 6 heteroatoms. The monoisotopic (exact) mass is 348 g/mol. The number of fused-ring (bicyclic) bond motifs is 1. The van der Waals surface area contributed by atoms with E-state index in [4.69, 9.17) is 0 Å². The van der Waals surface area contributed by atoms with Crippen LogP contribution in [0, 0.1) is 0 Å². The fraction of sp³-hybridized carbons (Fsp3) is 0.200. The largest absolute Gasteiger partial charge is 0.508 e. The van der Waals surface area contributed by atoms with Crippen molar-refractivity contribution in [2.75, 3.05) is 24.5 Å². The lowest BCUT2D eigenvalue weighted by atomic mass is 10.1. The van der Waals surface area contributed by atoms with Gasteiger partial charge in [0.25, 0.3) is 5.91 Å². The summed E-state index contributed by atoms with van der Waals surface area (Å²) in [6, 6.07) is 16.8. The summed E-state index contributed by atoms with van der Waals surface area (Å²) >= 11 is 0. The molecule has 2 heterocycles. The van der Waals surface area contributed by atoms with E-state index in [1.165, 1.54) is 11.3 Å². The van der Waals surface area contributed by atoms with Gasteiger partial charge in [0, 0.05) is 30.9 Å². The number of aromatic hydroxyl groups is 1. The van der Waals surface area contributed by atoms with E-state index in [0.717, 1.165) is 25.1 Å². The van der Waals surface area contributed by atoms with Gasteiger partial charge in [-0.25, -0.2) is 0 Å². The van der Waals surface area contributed by atoms with Gasteiger partial charge in [0.1, 0.15) is 11.4 Å². The average molecular weight is 348 g/mol. The summed E-state index contributed by atoms with van der Waals surface area (Å²) in [6.07, 6.45) is 1.06. The number of phenols is 1. The Morgan fingerprint density at radius 3 is 2.85 bits per heavy atom.